The molecule has 7 nitrogen and oxygen atoms in total. The van der Waals surface area contributed by atoms with E-state index in [4.69, 9.17) is 0 Å². The number of halogens is 6. The highest BCUT2D eigenvalue weighted by Crippen LogP contribution is 2.51. The summed E-state index contributed by atoms with van der Waals surface area (Å²) >= 11 is 0. The lowest BCUT2D eigenvalue weighted by atomic mass is 10.3. The number of hydrogen-bond donors (Lipinski definition) is 1. The van der Waals surface area contributed by atoms with E-state index in [1.807, 2.05) is 0 Å². The zero-order valence-electron chi connectivity index (χ0n) is 11.4. The van der Waals surface area contributed by atoms with Crippen LogP contribution in [-0.2, 0) is 24.3 Å². The van der Waals surface area contributed by atoms with E-state index in [1.165, 1.54) is 0 Å². The van der Waals surface area contributed by atoms with Crippen molar-refractivity contribution in [3.05, 3.63) is 0 Å². The van der Waals surface area contributed by atoms with E-state index >= 15 is 0 Å². The summed E-state index contributed by atoms with van der Waals surface area (Å²) in [4.78, 5) is 0. The van der Waals surface area contributed by atoms with E-state index in [9.17, 15) is 43.2 Å². The smallest absolute Gasteiger partial charge is 0.314 e. The molecule has 0 radical (unpaired) electrons. The Labute approximate surface area is 127 Å². The van der Waals surface area contributed by atoms with E-state index in [-0.39, 0.29) is 24.5 Å². The molecule has 0 bridgehead atoms. The fourth-order valence-corrected chi connectivity index (χ4v) is 3.80. The molecular formula is C8H12F6N2O5S2. The number of hydrogen-bond acceptors (Lipinski definition) is 6. The van der Waals surface area contributed by atoms with Crippen molar-refractivity contribution in [1.82, 2.24) is 9.62 Å². The predicted octanol–water partition coefficient (Wildman–Crippen LogP) is 0.0185. The third-order valence-electron chi connectivity index (χ3n) is 3.00. The molecule has 1 rings (SSSR count). The van der Waals surface area contributed by atoms with Crippen LogP contribution >= 0.6 is 0 Å². The van der Waals surface area contributed by atoms with Gasteiger partial charge in [-0.05, 0) is 0 Å². The number of alkyl halides is 6. The molecule has 1 fully saturated rings. The standard InChI is InChI=1S/C8H12F6N2O5S2/c1-21-23(19,20)8(13,14)6(9,10)7(11,12)22(17,18)16-4-2-15-3-5-16/h15H,2-5H2,1H3. The Morgan fingerprint density at radius 1 is 0.913 bits per heavy atom. The van der Waals surface area contributed by atoms with Crippen LogP contribution in [0.5, 0.6) is 0 Å². The molecule has 0 spiro atoms. The van der Waals surface area contributed by atoms with Crippen molar-refractivity contribution in [1.29, 1.82) is 0 Å². The average Bonchev–Trinajstić information content (AvgIpc) is 2.47. The summed E-state index contributed by atoms with van der Waals surface area (Å²) in [6.07, 6.45) is 0. The third kappa shape index (κ3) is 2.92. The van der Waals surface area contributed by atoms with Crippen LogP contribution in [0.25, 0.3) is 0 Å². The maximum atomic E-state index is 13.7. The molecule has 0 aromatic heterocycles. The minimum absolute atomic E-state index is 0.0439. The second kappa shape index (κ2) is 6.02. The Hall–Kier alpha value is -0.640. The van der Waals surface area contributed by atoms with Crippen molar-refractivity contribution in [2.24, 2.45) is 0 Å². The highest BCUT2D eigenvalue weighted by molar-refractivity contribution is 7.90. The predicted molar refractivity (Wildman–Crippen MR) is 64.1 cm³/mol. The lowest BCUT2D eigenvalue weighted by Gasteiger charge is -2.35. The van der Waals surface area contributed by atoms with Crippen LogP contribution in [0.3, 0.4) is 0 Å². The highest BCUT2D eigenvalue weighted by atomic mass is 32.2. The first kappa shape index (κ1) is 20.4. The van der Waals surface area contributed by atoms with Gasteiger partial charge in [0.15, 0.2) is 0 Å². The van der Waals surface area contributed by atoms with Crippen molar-refractivity contribution in [2.45, 2.75) is 16.4 Å². The maximum absolute atomic E-state index is 13.7. The molecular weight excluding hydrogens is 382 g/mol. The summed E-state index contributed by atoms with van der Waals surface area (Å²) in [6, 6.07) is 0. The van der Waals surface area contributed by atoms with Gasteiger partial charge in [0.1, 0.15) is 0 Å². The van der Waals surface area contributed by atoms with E-state index < -0.39 is 49.7 Å². The van der Waals surface area contributed by atoms with Gasteiger partial charge in [0.2, 0.25) is 0 Å². The first-order chi connectivity index (χ1) is 10.2. The minimum Gasteiger partial charge on any atom is -0.314 e. The number of piperazine rings is 1. The van der Waals surface area contributed by atoms with Crippen LogP contribution in [0.4, 0.5) is 26.3 Å². The summed E-state index contributed by atoms with van der Waals surface area (Å²) in [5.41, 5.74) is 0. The van der Waals surface area contributed by atoms with Crippen LogP contribution in [-0.4, -0.2) is 70.9 Å². The Bertz CT molecular complexity index is 644. The normalized spacial score (nSPS) is 19.8. The monoisotopic (exact) mass is 394 g/mol. The molecule has 0 aliphatic carbocycles. The van der Waals surface area contributed by atoms with E-state index in [0.29, 0.717) is 0 Å². The van der Waals surface area contributed by atoms with Crippen molar-refractivity contribution in [3.63, 3.8) is 0 Å². The first-order valence-corrected chi connectivity index (χ1v) is 8.65. The largest absolute Gasteiger partial charge is 0.439 e. The molecule has 0 aromatic carbocycles. The molecule has 138 valence electrons. The molecule has 0 saturated carbocycles. The van der Waals surface area contributed by atoms with Crippen LogP contribution < -0.4 is 5.32 Å². The molecule has 0 atom stereocenters. The molecule has 15 heteroatoms. The van der Waals surface area contributed by atoms with Crippen molar-refractivity contribution in [3.8, 4) is 0 Å². The molecule has 1 N–H and O–H groups in total. The number of sulfonamides is 1. The average molecular weight is 394 g/mol. The van der Waals surface area contributed by atoms with Crippen LogP contribution in [0.15, 0.2) is 0 Å². The maximum Gasteiger partial charge on any atom is 0.439 e. The van der Waals surface area contributed by atoms with E-state index in [2.05, 4.69) is 9.50 Å². The highest BCUT2D eigenvalue weighted by Gasteiger charge is 2.83. The molecule has 1 saturated heterocycles. The summed E-state index contributed by atoms with van der Waals surface area (Å²) in [5, 5.41) is -10.3. The molecule has 0 aromatic rings. The Morgan fingerprint density at radius 3 is 1.74 bits per heavy atom. The lowest BCUT2D eigenvalue weighted by Crippen LogP contribution is -2.64. The summed E-state index contributed by atoms with van der Waals surface area (Å²) in [6.45, 7) is -1.69. The molecule has 0 unspecified atom stereocenters. The zero-order chi connectivity index (χ0) is 18.3. The van der Waals surface area contributed by atoms with Crippen LogP contribution in [0, 0.1) is 0 Å². The zero-order valence-corrected chi connectivity index (χ0v) is 13.0. The molecule has 23 heavy (non-hydrogen) atoms. The Kier molecular flexibility index (Phi) is 5.34. The minimum atomic E-state index is -6.77. The van der Waals surface area contributed by atoms with Crippen molar-refractivity contribution in [2.75, 3.05) is 33.3 Å². The fraction of sp³-hybridized carbons (Fsp3) is 1.00. The molecule has 1 aliphatic heterocycles. The van der Waals surface area contributed by atoms with Crippen LogP contribution in [0.1, 0.15) is 0 Å². The van der Waals surface area contributed by atoms with Gasteiger partial charge >= 0.3 is 26.5 Å². The topological polar surface area (TPSA) is 92.8 Å². The SMILES string of the molecule is COS(=O)(=O)C(F)(F)C(F)(F)C(F)(F)S(=O)(=O)N1CCNCC1. The quantitative estimate of drug-likeness (QED) is 0.504. The van der Waals surface area contributed by atoms with Gasteiger partial charge in [-0.3, -0.25) is 4.18 Å². The second-order valence-electron chi connectivity index (χ2n) is 4.38. The van der Waals surface area contributed by atoms with Gasteiger partial charge in [0.25, 0.3) is 10.0 Å². The van der Waals surface area contributed by atoms with E-state index in [0.717, 1.165) is 0 Å². The van der Waals surface area contributed by atoms with Gasteiger partial charge in [-0.2, -0.15) is 39.1 Å². The Morgan fingerprint density at radius 2 is 1.35 bits per heavy atom. The van der Waals surface area contributed by atoms with Gasteiger partial charge < -0.3 is 5.32 Å². The third-order valence-corrected chi connectivity index (χ3v) is 6.28. The summed E-state index contributed by atoms with van der Waals surface area (Å²) < 4.78 is 129. The molecule has 1 heterocycles. The number of rotatable bonds is 6. The van der Waals surface area contributed by atoms with Gasteiger partial charge in [-0.25, -0.2) is 8.42 Å². The number of nitrogens with one attached hydrogen (secondary N) is 1. The van der Waals surface area contributed by atoms with Crippen molar-refractivity contribution >= 4 is 20.1 Å². The molecule has 1 aliphatic rings. The summed E-state index contributed by atoms with van der Waals surface area (Å²) in [7, 11) is -12.7. The van der Waals surface area contributed by atoms with Crippen molar-refractivity contribution < 1.29 is 47.4 Å². The van der Waals surface area contributed by atoms with Gasteiger partial charge in [-0.15, -0.1) is 0 Å². The van der Waals surface area contributed by atoms with Gasteiger partial charge in [0, 0.05) is 26.2 Å². The second-order valence-corrected chi connectivity index (χ2v) is 8.12. The summed E-state index contributed by atoms with van der Waals surface area (Å²) in [5.74, 6) is -6.77. The fourth-order valence-electron chi connectivity index (χ4n) is 1.64. The molecule has 0 amide bonds. The van der Waals surface area contributed by atoms with Gasteiger partial charge in [-0.1, -0.05) is 0 Å². The lowest BCUT2D eigenvalue weighted by molar-refractivity contribution is -0.247. The van der Waals surface area contributed by atoms with Crippen LogP contribution in [0.2, 0.25) is 0 Å². The van der Waals surface area contributed by atoms with E-state index in [1.54, 1.807) is 0 Å². The number of nitrogens with zero attached hydrogens (tertiary/aromatic N) is 1. The first-order valence-electron chi connectivity index (χ1n) is 5.81. The Balaban J connectivity index is 3.39. The van der Waals surface area contributed by atoms with Gasteiger partial charge in [0.05, 0.1) is 7.11 Å².